The lowest BCUT2D eigenvalue weighted by Crippen LogP contribution is -2.17. The number of aromatic nitrogens is 2. The normalized spacial score (nSPS) is 17.4. The molecule has 2 aromatic carbocycles. The Kier molecular flexibility index (Phi) is 4.70. The molecule has 3 aromatic rings. The van der Waals surface area contributed by atoms with Crippen molar-refractivity contribution in [2.75, 3.05) is 13.6 Å². The van der Waals surface area contributed by atoms with Gasteiger partial charge in [-0.3, -0.25) is 0 Å². The van der Waals surface area contributed by atoms with Gasteiger partial charge in [-0.2, -0.15) is 10.2 Å². The van der Waals surface area contributed by atoms with Gasteiger partial charge in [-0.25, -0.2) is 8.78 Å². The van der Waals surface area contributed by atoms with Gasteiger partial charge in [0.15, 0.2) is 0 Å². The largest absolute Gasteiger partial charge is 0.302 e. The van der Waals surface area contributed by atoms with E-state index in [2.05, 4.69) is 34.3 Å². The Labute approximate surface area is 157 Å². The van der Waals surface area contributed by atoms with E-state index in [1.54, 1.807) is 0 Å². The lowest BCUT2D eigenvalue weighted by molar-refractivity contribution is 0.328. The van der Waals surface area contributed by atoms with E-state index in [1.807, 2.05) is 25.1 Å². The minimum absolute atomic E-state index is 0.0340. The van der Waals surface area contributed by atoms with Gasteiger partial charge in [0.05, 0.1) is 11.4 Å². The fourth-order valence-electron chi connectivity index (χ4n) is 3.79. The van der Waals surface area contributed by atoms with Crippen LogP contribution < -0.4 is 0 Å². The topological polar surface area (TPSA) is 29.0 Å². The third-order valence-electron chi connectivity index (χ3n) is 5.14. The molecular weight excluding hydrogens is 344 g/mol. The van der Waals surface area contributed by atoms with Gasteiger partial charge in [-0.05, 0) is 74.0 Å². The van der Waals surface area contributed by atoms with Crippen molar-refractivity contribution < 1.29 is 8.78 Å². The fourth-order valence-corrected chi connectivity index (χ4v) is 3.79. The Balaban J connectivity index is 1.79. The van der Waals surface area contributed by atoms with Gasteiger partial charge in [-0.15, -0.1) is 0 Å². The van der Waals surface area contributed by atoms with Crippen LogP contribution in [0.4, 0.5) is 8.78 Å². The molecule has 1 aliphatic rings. The smallest absolute Gasteiger partial charge is 0.126 e. The first kappa shape index (κ1) is 17.7. The maximum atomic E-state index is 13.8. The van der Waals surface area contributed by atoms with Crippen molar-refractivity contribution >= 4 is 0 Å². The Hall–Kier alpha value is -2.66. The predicted octanol–water partition coefficient (Wildman–Crippen LogP) is 4.70. The highest BCUT2D eigenvalue weighted by molar-refractivity contribution is 5.61. The number of benzene rings is 2. The quantitative estimate of drug-likeness (QED) is 0.659. The molecule has 1 atom stereocenters. The SMILES string of the molecule is Cc1ccc(-c2ccc3c(c2)CN(C)CCC3c2cc(F)cc(F)c2)nn1. The average Bonchev–Trinajstić information content (AvgIpc) is 2.79. The van der Waals surface area contributed by atoms with E-state index in [1.165, 1.54) is 12.1 Å². The maximum Gasteiger partial charge on any atom is 0.126 e. The highest BCUT2D eigenvalue weighted by atomic mass is 19.1. The second-order valence-electron chi connectivity index (χ2n) is 7.26. The van der Waals surface area contributed by atoms with Crippen LogP contribution in [0.3, 0.4) is 0 Å². The molecule has 1 aliphatic heterocycles. The summed E-state index contributed by atoms with van der Waals surface area (Å²) in [5, 5.41) is 8.42. The van der Waals surface area contributed by atoms with Crippen LogP contribution in [0.15, 0.2) is 48.5 Å². The van der Waals surface area contributed by atoms with Gasteiger partial charge in [0, 0.05) is 24.1 Å². The van der Waals surface area contributed by atoms with Crippen molar-refractivity contribution in [3.05, 3.63) is 82.5 Å². The van der Waals surface area contributed by atoms with E-state index in [9.17, 15) is 8.78 Å². The number of halogens is 2. The van der Waals surface area contributed by atoms with Crippen molar-refractivity contribution in [1.29, 1.82) is 0 Å². The Morgan fingerprint density at radius 3 is 2.44 bits per heavy atom. The Bertz CT molecular complexity index is 950. The van der Waals surface area contributed by atoms with Crippen molar-refractivity contribution in [2.24, 2.45) is 0 Å². The van der Waals surface area contributed by atoms with Crippen LogP contribution in [-0.2, 0) is 6.54 Å². The number of hydrogen-bond donors (Lipinski definition) is 0. The van der Waals surface area contributed by atoms with Crippen LogP contribution in [0, 0.1) is 18.6 Å². The first-order valence-corrected chi connectivity index (χ1v) is 9.07. The molecule has 0 bridgehead atoms. The molecule has 27 heavy (non-hydrogen) atoms. The monoisotopic (exact) mass is 365 g/mol. The molecule has 1 unspecified atom stereocenters. The molecule has 0 saturated carbocycles. The van der Waals surface area contributed by atoms with Crippen LogP contribution in [0.1, 0.15) is 34.7 Å². The molecule has 0 spiro atoms. The van der Waals surface area contributed by atoms with Crippen LogP contribution >= 0.6 is 0 Å². The maximum absolute atomic E-state index is 13.8. The van der Waals surface area contributed by atoms with Crippen molar-refractivity contribution in [3.63, 3.8) is 0 Å². The lowest BCUT2D eigenvalue weighted by Gasteiger charge is -2.19. The molecule has 5 heteroatoms. The summed E-state index contributed by atoms with van der Waals surface area (Å²) in [7, 11) is 2.07. The van der Waals surface area contributed by atoms with Gasteiger partial charge in [0.1, 0.15) is 11.6 Å². The van der Waals surface area contributed by atoms with Crippen LogP contribution in [-0.4, -0.2) is 28.7 Å². The first-order chi connectivity index (χ1) is 13.0. The molecule has 1 aromatic heterocycles. The summed E-state index contributed by atoms with van der Waals surface area (Å²) >= 11 is 0. The average molecular weight is 365 g/mol. The summed E-state index contributed by atoms with van der Waals surface area (Å²) in [5.74, 6) is -1.10. The summed E-state index contributed by atoms with van der Waals surface area (Å²) in [6.45, 7) is 3.55. The molecule has 0 aliphatic carbocycles. The number of rotatable bonds is 2. The minimum atomic E-state index is -0.532. The molecule has 0 amide bonds. The van der Waals surface area contributed by atoms with Gasteiger partial charge in [0.2, 0.25) is 0 Å². The summed E-state index contributed by atoms with van der Waals surface area (Å²) < 4.78 is 27.6. The minimum Gasteiger partial charge on any atom is -0.302 e. The van der Waals surface area contributed by atoms with E-state index in [0.29, 0.717) is 5.56 Å². The zero-order valence-corrected chi connectivity index (χ0v) is 15.4. The van der Waals surface area contributed by atoms with E-state index in [-0.39, 0.29) is 5.92 Å². The summed E-state index contributed by atoms with van der Waals surface area (Å²) in [6, 6.07) is 13.9. The zero-order chi connectivity index (χ0) is 19.0. The molecular formula is C22H21F2N3. The van der Waals surface area contributed by atoms with E-state index in [0.717, 1.165) is 53.7 Å². The summed E-state index contributed by atoms with van der Waals surface area (Å²) in [4.78, 5) is 2.24. The van der Waals surface area contributed by atoms with Crippen molar-refractivity contribution in [3.8, 4) is 11.3 Å². The van der Waals surface area contributed by atoms with Gasteiger partial charge >= 0.3 is 0 Å². The number of fused-ring (bicyclic) bond motifs is 1. The Morgan fingerprint density at radius 2 is 1.74 bits per heavy atom. The molecule has 4 rings (SSSR count). The third-order valence-corrected chi connectivity index (χ3v) is 5.14. The second kappa shape index (κ2) is 7.16. The van der Waals surface area contributed by atoms with E-state index in [4.69, 9.17) is 0 Å². The standard InChI is InChI=1S/C22H21F2N3/c1-14-3-6-22(26-25-14)15-4-5-20-17(9-15)13-27(2)8-7-21(20)16-10-18(23)12-19(24)11-16/h3-6,9-12,21H,7-8,13H2,1-2H3. The van der Waals surface area contributed by atoms with Crippen molar-refractivity contribution in [2.45, 2.75) is 25.8 Å². The highest BCUT2D eigenvalue weighted by Gasteiger charge is 2.24. The fraction of sp³-hybridized carbons (Fsp3) is 0.273. The van der Waals surface area contributed by atoms with Crippen LogP contribution in [0.25, 0.3) is 11.3 Å². The molecule has 138 valence electrons. The summed E-state index contributed by atoms with van der Waals surface area (Å²) in [5.41, 5.74) is 5.66. The molecule has 0 saturated heterocycles. The number of hydrogen-bond acceptors (Lipinski definition) is 3. The second-order valence-corrected chi connectivity index (χ2v) is 7.26. The highest BCUT2D eigenvalue weighted by Crippen LogP contribution is 2.36. The molecule has 2 heterocycles. The number of nitrogens with zero attached hydrogens (tertiary/aromatic N) is 3. The van der Waals surface area contributed by atoms with Gasteiger partial charge in [0.25, 0.3) is 0 Å². The first-order valence-electron chi connectivity index (χ1n) is 9.07. The molecule has 0 radical (unpaired) electrons. The van der Waals surface area contributed by atoms with Gasteiger partial charge in [-0.1, -0.05) is 12.1 Å². The van der Waals surface area contributed by atoms with Gasteiger partial charge < -0.3 is 4.90 Å². The predicted molar refractivity (Wildman–Crippen MR) is 101 cm³/mol. The number of aryl methyl sites for hydroxylation is 1. The van der Waals surface area contributed by atoms with E-state index >= 15 is 0 Å². The molecule has 3 nitrogen and oxygen atoms in total. The lowest BCUT2D eigenvalue weighted by atomic mass is 9.85. The summed E-state index contributed by atoms with van der Waals surface area (Å²) in [6.07, 6.45) is 0.816. The van der Waals surface area contributed by atoms with E-state index < -0.39 is 11.6 Å². The van der Waals surface area contributed by atoms with Crippen LogP contribution in [0.5, 0.6) is 0 Å². The molecule has 0 fully saturated rings. The van der Waals surface area contributed by atoms with Crippen molar-refractivity contribution in [1.82, 2.24) is 15.1 Å². The Morgan fingerprint density at radius 1 is 0.963 bits per heavy atom. The molecule has 0 N–H and O–H groups in total. The third kappa shape index (κ3) is 3.74. The van der Waals surface area contributed by atoms with Crippen LogP contribution in [0.2, 0.25) is 0 Å². The zero-order valence-electron chi connectivity index (χ0n) is 15.4.